The second kappa shape index (κ2) is 4.77. The smallest absolute Gasteiger partial charge is 0.0693 e. The minimum absolute atomic E-state index is 0.144. The molecule has 0 spiro atoms. The lowest BCUT2D eigenvalue weighted by Gasteiger charge is -2.17. The van der Waals surface area contributed by atoms with E-state index in [1.54, 1.807) is 0 Å². The first kappa shape index (κ1) is 10.7. The van der Waals surface area contributed by atoms with Gasteiger partial charge in [0.1, 0.15) is 0 Å². The van der Waals surface area contributed by atoms with E-state index in [1.165, 1.54) is 11.1 Å². The van der Waals surface area contributed by atoms with Gasteiger partial charge in [0.15, 0.2) is 0 Å². The summed E-state index contributed by atoms with van der Waals surface area (Å²) in [6.07, 6.45) is 3.06. The Hall–Kier alpha value is -0.860. The van der Waals surface area contributed by atoms with Gasteiger partial charge in [-0.3, -0.25) is 0 Å². The van der Waals surface area contributed by atoms with Gasteiger partial charge in [0.25, 0.3) is 0 Å². The van der Waals surface area contributed by atoms with E-state index in [0.717, 1.165) is 25.8 Å². The average molecular weight is 205 g/mol. The molecule has 1 aliphatic rings. The summed E-state index contributed by atoms with van der Waals surface area (Å²) >= 11 is 0. The largest absolute Gasteiger partial charge is 0.392 e. The zero-order valence-electron chi connectivity index (χ0n) is 9.24. The number of hydrogen-bond acceptors (Lipinski definition) is 2. The van der Waals surface area contributed by atoms with Crippen LogP contribution in [-0.2, 0) is 6.54 Å². The maximum atomic E-state index is 9.67. The van der Waals surface area contributed by atoms with Crippen molar-refractivity contribution in [1.29, 1.82) is 0 Å². The van der Waals surface area contributed by atoms with Crippen molar-refractivity contribution in [2.75, 3.05) is 0 Å². The molecule has 1 fully saturated rings. The van der Waals surface area contributed by atoms with Crippen LogP contribution in [0.2, 0.25) is 0 Å². The van der Waals surface area contributed by atoms with E-state index in [9.17, 15) is 5.11 Å². The summed E-state index contributed by atoms with van der Waals surface area (Å²) in [5.41, 5.74) is 2.65. The normalized spacial score (nSPS) is 25.7. The lowest BCUT2D eigenvalue weighted by molar-refractivity contribution is 0.148. The molecule has 2 nitrogen and oxygen atoms in total. The molecule has 0 radical (unpaired) electrons. The standard InChI is InChI=1S/C13H19NO/c1-10-5-2-3-6-11(10)9-14-12-7-4-8-13(12)15/h2-3,5-6,12-15H,4,7-9H2,1H3. The van der Waals surface area contributed by atoms with Crippen molar-refractivity contribution in [1.82, 2.24) is 5.32 Å². The topological polar surface area (TPSA) is 32.3 Å². The van der Waals surface area contributed by atoms with Crippen LogP contribution in [0.25, 0.3) is 0 Å². The van der Waals surface area contributed by atoms with Gasteiger partial charge in [-0.2, -0.15) is 0 Å². The zero-order chi connectivity index (χ0) is 10.7. The lowest BCUT2D eigenvalue weighted by atomic mass is 10.1. The van der Waals surface area contributed by atoms with Crippen LogP contribution in [0.1, 0.15) is 30.4 Å². The van der Waals surface area contributed by atoms with Crippen molar-refractivity contribution >= 4 is 0 Å². The molecule has 0 heterocycles. The minimum atomic E-state index is -0.144. The molecule has 0 saturated heterocycles. The molecule has 15 heavy (non-hydrogen) atoms. The summed E-state index contributed by atoms with van der Waals surface area (Å²) in [7, 11) is 0. The van der Waals surface area contributed by atoms with Crippen LogP contribution >= 0.6 is 0 Å². The number of hydrogen-bond donors (Lipinski definition) is 2. The third-order valence-electron chi connectivity index (χ3n) is 3.30. The fourth-order valence-corrected chi connectivity index (χ4v) is 2.23. The van der Waals surface area contributed by atoms with Crippen molar-refractivity contribution < 1.29 is 5.11 Å². The molecule has 1 saturated carbocycles. The number of aliphatic hydroxyl groups excluding tert-OH is 1. The predicted molar refractivity (Wildman–Crippen MR) is 61.7 cm³/mol. The fourth-order valence-electron chi connectivity index (χ4n) is 2.23. The molecule has 2 N–H and O–H groups in total. The lowest BCUT2D eigenvalue weighted by Crippen LogP contribution is -2.35. The van der Waals surface area contributed by atoms with Crippen molar-refractivity contribution in [2.24, 2.45) is 0 Å². The molecule has 1 aromatic carbocycles. The monoisotopic (exact) mass is 205 g/mol. The molecule has 2 rings (SSSR count). The molecule has 82 valence electrons. The summed E-state index contributed by atoms with van der Waals surface area (Å²) in [4.78, 5) is 0. The highest BCUT2D eigenvalue weighted by molar-refractivity contribution is 5.25. The van der Waals surface area contributed by atoms with Gasteiger partial charge in [0.05, 0.1) is 6.10 Å². The first-order chi connectivity index (χ1) is 7.27. The van der Waals surface area contributed by atoms with Crippen LogP contribution in [0.4, 0.5) is 0 Å². The zero-order valence-corrected chi connectivity index (χ0v) is 9.24. The quantitative estimate of drug-likeness (QED) is 0.791. The van der Waals surface area contributed by atoms with Crippen molar-refractivity contribution in [2.45, 2.75) is 44.9 Å². The third kappa shape index (κ3) is 2.58. The van der Waals surface area contributed by atoms with E-state index >= 15 is 0 Å². The Morgan fingerprint density at radius 3 is 2.80 bits per heavy atom. The molecule has 2 unspecified atom stereocenters. The average Bonchev–Trinajstić information content (AvgIpc) is 2.63. The number of nitrogens with one attached hydrogen (secondary N) is 1. The number of aryl methyl sites for hydroxylation is 1. The van der Waals surface area contributed by atoms with Crippen LogP contribution in [0.3, 0.4) is 0 Å². The maximum absolute atomic E-state index is 9.67. The molecule has 0 aliphatic heterocycles. The molecule has 2 heteroatoms. The second-order valence-corrected chi connectivity index (χ2v) is 4.41. The van der Waals surface area contributed by atoms with Gasteiger partial charge in [-0.05, 0) is 37.3 Å². The summed E-state index contributed by atoms with van der Waals surface area (Å²) in [6, 6.07) is 8.69. The highest BCUT2D eigenvalue weighted by Crippen LogP contribution is 2.19. The number of benzene rings is 1. The molecule has 0 aromatic heterocycles. The molecule has 2 atom stereocenters. The number of aliphatic hydroxyl groups is 1. The first-order valence-corrected chi connectivity index (χ1v) is 5.73. The van der Waals surface area contributed by atoms with Gasteiger partial charge < -0.3 is 10.4 Å². The van der Waals surface area contributed by atoms with Crippen molar-refractivity contribution in [3.8, 4) is 0 Å². The highest BCUT2D eigenvalue weighted by Gasteiger charge is 2.24. The van der Waals surface area contributed by atoms with Gasteiger partial charge >= 0.3 is 0 Å². The Kier molecular flexibility index (Phi) is 3.39. The van der Waals surface area contributed by atoms with E-state index in [4.69, 9.17) is 0 Å². The van der Waals surface area contributed by atoms with E-state index in [2.05, 4.69) is 36.5 Å². The predicted octanol–water partition coefficient (Wildman–Crippen LogP) is 2.00. The van der Waals surface area contributed by atoms with E-state index in [-0.39, 0.29) is 6.10 Å². The Morgan fingerprint density at radius 1 is 1.33 bits per heavy atom. The van der Waals surface area contributed by atoms with Gasteiger partial charge in [0, 0.05) is 12.6 Å². The van der Waals surface area contributed by atoms with Crippen LogP contribution in [0.5, 0.6) is 0 Å². The summed E-state index contributed by atoms with van der Waals surface area (Å²) in [5.74, 6) is 0. The van der Waals surface area contributed by atoms with E-state index in [1.807, 2.05) is 0 Å². The van der Waals surface area contributed by atoms with Crippen molar-refractivity contribution in [3.63, 3.8) is 0 Å². The molecule has 0 bridgehead atoms. The van der Waals surface area contributed by atoms with Crippen molar-refractivity contribution in [3.05, 3.63) is 35.4 Å². The summed E-state index contributed by atoms with van der Waals surface area (Å²) in [6.45, 7) is 3.00. The van der Waals surface area contributed by atoms with Gasteiger partial charge in [0.2, 0.25) is 0 Å². The Morgan fingerprint density at radius 2 is 2.13 bits per heavy atom. The van der Waals surface area contributed by atoms with Crippen LogP contribution < -0.4 is 5.32 Å². The molecular weight excluding hydrogens is 186 g/mol. The van der Waals surface area contributed by atoms with E-state index in [0.29, 0.717) is 6.04 Å². The molecule has 0 amide bonds. The van der Waals surface area contributed by atoms with Gasteiger partial charge in [-0.25, -0.2) is 0 Å². The maximum Gasteiger partial charge on any atom is 0.0693 e. The molecule has 1 aliphatic carbocycles. The second-order valence-electron chi connectivity index (χ2n) is 4.41. The van der Waals surface area contributed by atoms with Gasteiger partial charge in [-0.15, -0.1) is 0 Å². The first-order valence-electron chi connectivity index (χ1n) is 5.73. The summed E-state index contributed by atoms with van der Waals surface area (Å²) in [5, 5.41) is 13.1. The Bertz CT molecular complexity index is 324. The minimum Gasteiger partial charge on any atom is -0.392 e. The Labute approximate surface area is 91.3 Å². The third-order valence-corrected chi connectivity index (χ3v) is 3.30. The molecular formula is C13H19NO. The Balaban J connectivity index is 1.90. The van der Waals surface area contributed by atoms with E-state index < -0.39 is 0 Å². The SMILES string of the molecule is Cc1ccccc1CNC1CCCC1O. The van der Waals surface area contributed by atoms with Crippen LogP contribution in [0.15, 0.2) is 24.3 Å². The van der Waals surface area contributed by atoms with Gasteiger partial charge in [-0.1, -0.05) is 24.3 Å². The highest BCUT2D eigenvalue weighted by atomic mass is 16.3. The number of rotatable bonds is 3. The fraction of sp³-hybridized carbons (Fsp3) is 0.538. The molecule has 1 aromatic rings. The van der Waals surface area contributed by atoms with Crippen LogP contribution in [-0.4, -0.2) is 17.3 Å². The summed E-state index contributed by atoms with van der Waals surface area (Å²) < 4.78 is 0. The van der Waals surface area contributed by atoms with Crippen LogP contribution in [0, 0.1) is 6.92 Å².